The van der Waals surface area contributed by atoms with Crippen LogP contribution >= 0.6 is 0 Å². The molecule has 1 saturated heterocycles. The number of Topliss-reactive ketones (excluding diaryl/α,β-unsaturated/α-hetero) is 1. The molecule has 8 nitrogen and oxygen atoms in total. The first-order valence-electron chi connectivity index (χ1n) is 12.3. The molecule has 1 N–H and O–H groups in total. The number of aliphatic hydroxyl groups is 1. The van der Waals surface area contributed by atoms with Crippen LogP contribution in [0.4, 0.5) is 0 Å². The summed E-state index contributed by atoms with van der Waals surface area (Å²) in [5.74, 6) is -0.125. The zero-order chi connectivity index (χ0) is 27.1. The molecule has 1 amide bonds. The van der Waals surface area contributed by atoms with Crippen LogP contribution in [-0.4, -0.2) is 55.7 Å². The van der Waals surface area contributed by atoms with Crippen molar-refractivity contribution in [2.24, 2.45) is 0 Å². The van der Waals surface area contributed by atoms with Gasteiger partial charge in [-0.2, -0.15) is 0 Å². The molecule has 1 aliphatic rings. The second-order valence-electron chi connectivity index (χ2n) is 8.63. The minimum absolute atomic E-state index is 0.00438. The standard InChI is InChI=1S/C30H31NO7/c1-4-37-24-15-12-22(18-25(24)36-3)27-26(29(33)30(34)31(27)16-17-35-2)28(32)21-10-13-23(14-11-21)38-19-20-8-6-5-7-9-20/h5-15,18,27,32H,4,16-17,19H2,1-3H3/b28-26+. The third-order valence-corrected chi connectivity index (χ3v) is 6.26. The van der Waals surface area contributed by atoms with Crippen LogP contribution in [0.5, 0.6) is 17.2 Å². The number of nitrogens with zero attached hydrogens (tertiary/aromatic N) is 1. The second kappa shape index (κ2) is 12.3. The van der Waals surface area contributed by atoms with E-state index in [1.807, 2.05) is 37.3 Å². The topological polar surface area (TPSA) is 94.5 Å². The fraction of sp³-hybridized carbons (Fsp3) is 0.267. The summed E-state index contributed by atoms with van der Waals surface area (Å²) < 4.78 is 22.1. The number of hydrogen-bond acceptors (Lipinski definition) is 7. The summed E-state index contributed by atoms with van der Waals surface area (Å²) in [7, 11) is 3.04. The van der Waals surface area contributed by atoms with E-state index < -0.39 is 17.7 Å². The molecule has 0 radical (unpaired) electrons. The van der Waals surface area contributed by atoms with Gasteiger partial charge < -0.3 is 29.0 Å². The minimum Gasteiger partial charge on any atom is -0.507 e. The van der Waals surface area contributed by atoms with Crippen LogP contribution in [0.2, 0.25) is 0 Å². The van der Waals surface area contributed by atoms with Gasteiger partial charge in [-0.15, -0.1) is 0 Å². The van der Waals surface area contributed by atoms with Gasteiger partial charge in [0, 0.05) is 19.2 Å². The van der Waals surface area contributed by atoms with E-state index in [0.717, 1.165) is 5.56 Å². The van der Waals surface area contributed by atoms with Crippen LogP contribution in [-0.2, 0) is 20.9 Å². The van der Waals surface area contributed by atoms with Gasteiger partial charge in [-0.3, -0.25) is 9.59 Å². The third kappa shape index (κ3) is 5.65. The number of amides is 1. The summed E-state index contributed by atoms with van der Waals surface area (Å²) in [6.07, 6.45) is 0. The van der Waals surface area contributed by atoms with Gasteiger partial charge in [0.2, 0.25) is 0 Å². The summed E-state index contributed by atoms with van der Waals surface area (Å²) in [4.78, 5) is 27.6. The highest BCUT2D eigenvalue weighted by atomic mass is 16.5. The van der Waals surface area contributed by atoms with Crippen LogP contribution in [0.3, 0.4) is 0 Å². The van der Waals surface area contributed by atoms with Gasteiger partial charge in [-0.25, -0.2) is 0 Å². The zero-order valence-electron chi connectivity index (χ0n) is 21.7. The summed E-state index contributed by atoms with van der Waals surface area (Å²) in [5, 5.41) is 11.3. The molecule has 1 aliphatic heterocycles. The molecule has 1 heterocycles. The Labute approximate surface area is 222 Å². The van der Waals surface area contributed by atoms with Crippen molar-refractivity contribution in [3.05, 3.63) is 95.1 Å². The van der Waals surface area contributed by atoms with E-state index >= 15 is 0 Å². The normalized spacial score (nSPS) is 16.5. The fourth-order valence-electron chi connectivity index (χ4n) is 4.38. The van der Waals surface area contributed by atoms with Gasteiger partial charge in [-0.05, 0) is 54.4 Å². The first-order valence-corrected chi connectivity index (χ1v) is 12.3. The predicted octanol–water partition coefficient (Wildman–Crippen LogP) is 4.74. The number of ether oxygens (including phenoxy) is 4. The summed E-state index contributed by atoms with van der Waals surface area (Å²) in [6.45, 7) is 3.11. The number of benzene rings is 3. The molecule has 0 spiro atoms. The van der Waals surface area contributed by atoms with Crippen LogP contribution in [0.15, 0.2) is 78.4 Å². The van der Waals surface area contributed by atoms with E-state index in [9.17, 15) is 14.7 Å². The van der Waals surface area contributed by atoms with Gasteiger partial charge in [-0.1, -0.05) is 36.4 Å². The molecule has 1 unspecified atom stereocenters. The van der Waals surface area contributed by atoms with Crippen molar-refractivity contribution in [1.82, 2.24) is 4.90 Å². The third-order valence-electron chi connectivity index (χ3n) is 6.26. The highest BCUT2D eigenvalue weighted by Gasteiger charge is 2.46. The maximum atomic E-state index is 13.2. The number of methoxy groups -OCH3 is 2. The summed E-state index contributed by atoms with van der Waals surface area (Å²) in [6, 6.07) is 20.9. The van der Waals surface area contributed by atoms with E-state index in [1.54, 1.807) is 42.5 Å². The molecule has 8 heteroatoms. The molecule has 4 rings (SSSR count). The Balaban J connectivity index is 1.69. The Morgan fingerprint density at radius 2 is 1.66 bits per heavy atom. The van der Waals surface area contributed by atoms with Crippen LogP contribution in [0.25, 0.3) is 5.76 Å². The number of aliphatic hydroxyl groups excluding tert-OH is 1. The quantitative estimate of drug-likeness (QED) is 0.223. The lowest BCUT2D eigenvalue weighted by Gasteiger charge is -2.25. The Kier molecular flexibility index (Phi) is 8.66. The zero-order valence-corrected chi connectivity index (χ0v) is 21.7. The molecule has 38 heavy (non-hydrogen) atoms. The SMILES string of the molecule is CCOc1ccc(C2/C(=C(\O)c3ccc(OCc4ccccc4)cc3)C(=O)C(=O)N2CCOC)cc1OC. The Morgan fingerprint density at radius 1 is 0.921 bits per heavy atom. The highest BCUT2D eigenvalue weighted by Crippen LogP contribution is 2.42. The predicted molar refractivity (Wildman–Crippen MR) is 142 cm³/mol. The van der Waals surface area contributed by atoms with Crippen molar-refractivity contribution in [3.63, 3.8) is 0 Å². The lowest BCUT2D eigenvalue weighted by Crippen LogP contribution is -2.32. The maximum Gasteiger partial charge on any atom is 0.295 e. The van der Waals surface area contributed by atoms with Crippen molar-refractivity contribution < 1.29 is 33.6 Å². The molecular weight excluding hydrogens is 486 g/mol. The molecule has 1 atom stereocenters. The molecular formula is C30H31NO7. The molecule has 198 valence electrons. The van der Waals surface area contributed by atoms with Crippen LogP contribution < -0.4 is 14.2 Å². The molecule has 3 aromatic carbocycles. The van der Waals surface area contributed by atoms with Crippen molar-refractivity contribution in [1.29, 1.82) is 0 Å². The van der Waals surface area contributed by atoms with Crippen LogP contribution in [0.1, 0.15) is 29.7 Å². The van der Waals surface area contributed by atoms with Crippen molar-refractivity contribution >= 4 is 17.4 Å². The second-order valence-corrected chi connectivity index (χ2v) is 8.63. The summed E-state index contributed by atoms with van der Waals surface area (Å²) in [5.41, 5.74) is 2.02. The Hall–Kier alpha value is -4.30. The molecule has 1 fully saturated rings. The van der Waals surface area contributed by atoms with E-state index in [0.29, 0.717) is 41.6 Å². The minimum atomic E-state index is -0.830. The average Bonchev–Trinajstić information content (AvgIpc) is 3.20. The Morgan fingerprint density at radius 3 is 2.32 bits per heavy atom. The van der Waals surface area contributed by atoms with Crippen molar-refractivity contribution in [2.45, 2.75) is 19.6 Å². The van der Waals surface area contributed by atoms with Gasteiger partial charge in [0.1, 0.15) is 18.1 Å². The fourth-order valence-corrected chi connectivity index (χ4v) is 4.38. The number of carbonyl (C=O) groups excluding carboxylic acids is 2. The van der Waals surface area contributed by atoms with Crippen LogP contribution in [0, 0.1) is 0 Å². The van der Waals surface area contributed by atoms with Crippen molar-refractivity contribution in [3.8, 4) is 17.2 Å². The maximum absolute atomic E-state index is 13.2. The number of rotatable bonds is 11. The van der Waals surface area contributed by atoms with Gasteiger partial charge in [0.05, 0.1) is 31.9 Å². The number of ketones is 1. The van der Waals surface area contributed by atoms with Gasteiger partial charge >= 0.3 is 0 Å². The smallest absolute Gasteiger partial charge is 0.295 e. The lowest BCUT2D eigenvalue weighted by atomic mass is 9.95. The number of likely N-dealkylation sites (tertiary alicyclic amines) is 1. The average molecular weight is 518 g/mol. The van der Waals surface area contributed by atoms with E-state index in [-0.39, 0.29) is 24.5 Å². The molecule has 0 aromatic heterocycles. The van der Waals surface area contributed by atoms with Gasteiger partial charge in [0.15, 0.2) is 11.5 Å². The molecule has 0 aliphatic carbocycles. The monoisotopic (exact) mass is 517 g/mol. The summed E-state index contributed by atoms with van der Waals surface area (Å²) >= 11 is 0. The van der Waals surface area contributed by atoms with E-state index in [2.05, 4.69) is 0 Å². The van der Waals surface area contributed by atoms with Gasteiger partial charge in [0.25, 0.3) is 11.7 Å². The number of hydrogen-bond donors (Lipinski definition) is 1. The van der Waals surface area contributed by atoms with E-state index in [1.165, 1.54) is 19.1 Å². The highest BCUT2D eigenvalue weighted by molar-refractivity contribution is 6.46. The molecule has 3 aromatic rings. The number of carbonyl (C=O) groups is 2. The largest absolute Gasteiger partial charge is 0.507 e. The Bertz CT molecular complexity index is 1300. The van der Waals surface area contributed by atoms with E-state index in [4.69, 9.17) is 18.9 Å². The molecule has 0 bridgehead atoms. The first-order chi connectivity index (χ1) is 18.5. The van der Waals surface area contributed by atoms with Crippen molar-refractivity contribution in [2.75, 3.05) is 34.0 Å². The first kappa shape index (κ1) is 26.8. The lowest BCUT2D eigenvalue weighted by molar-refractivity contribution is -0.140. The molecule has 0 saturated carbocycles.